The zero-order chi connectivity index (χ0) is 17.2. The lowest BCUT2D eigenvalue weighted by Crippen LogP contribution is -2.00. The highest BCUT2D eigenvalue weighted by Gasteiger charge is 2.00. The van der Waals surface area contributed by atoms with Crippen LogP contribution < -0.4 is 5.73 Å². The molecule has 0 spiro atoms. The van der Waals surface area contributed by atoms with Gasteiger partial charge in [0, 0.05) is 0 Å². The van der Waals surface area contributed by atoms with Gasteiger partial charge < -0.3 is 5.73 Å². The smallest absolute Gasteiger partial charge is 0.00741 e. The van der Waals surface area contributed by atoms with Gasteiger partial charge in [-0.1, -0.05) is 61.5 Å². The van der Waals surface area contributed by atoms with Crippen LogP contribution in [0.15, 0.2) is 48.5 Å². The largest absolute Gasteiger partial charge is 0.330 e. The van der Waals surface area contributed by atoms with Crippen LogP contribution in [0, 0.1) is 6.92 Å². The summed E-state index contributed by atoms with van der Waals surface area (Å²) in [5, 5.41) is 0. The molecule has 0 saturated heterocycles. The van der Waals surface area contributed by atoms with Crippen LogP contribution in [-0.4, -0.2) is 6.54 Å². The van der Waals surface area contributed by atoms with Gasteiger partial charge in [-0.25, -0.2) is 0 Å². The quantitative estimate of drug-likeness (QED) is 0.608. The van der Waals surface area contributed by atoms with Crippen molar-refractivity contribution in [1.29, 1.82) is 0 Å². The monoisotopic (exact) mass is 321 g/mol. The van der Waals surface area contributed by atoms with Gasteiger partial charge in [-0.05, 0) is 79.8 Å². The van der Waals surface area contributed by atoms with Gasteiger partial charge in [0.25, 0.3) is 0 Å². The van der Waals surface area contributed by atoms with Crippen molar-refractivity contribution in [2.24, 2.45) is 5.73 Å². The summed E-state index contributed by atoms with van der Waals surface area (Å²) in [6.07, 6.45) is 11.4. The molecule has 0 aromatic heterocycles. The Hall–Kier alpha value is -1.86. The van der Waals surface area contributed by atoms with E-state index in [1.807, 2.05) is 0 Å². The molecule has 24 heavy (non-hydrogen) atoms. The molecule has 0 radical (unpaired) electrons. The van der Waals surface area contributed by atoms with Crippen molar-refractivity contribution >= 4 is 6.08 Å². The van der Waals surface area contributed by atoms with Gasteiger partial charge in [0.1, 0.15) is 0 Å². The van der Waals surface area contributed by atoms with Crippen LogP contribution in [0.2, 0.25) is 0 Å². The Morgan fingerprint density at radius 1 is 0.958 bits per heavy atom. The number of unbranched alkanes of at least 4 members (excludes halogenated alkanes) is 1. The van der Waals surface area contributed by atoms with E-state index in [-0.39, 0.29) is 0 Å². The normalized spacial score (nSPS) is 11.3. The SMILES string of the molecule is CCc1cccc(C)c1/C=C/CCCc1cccc(CCCN)c1. The Bertz CT molecular complexity index is 655. The van der Waals surface area contributed by atoms with Crippen LogP contribution in [0.25, 0.3) is 6.08 Å². The van der Waals surface area contributed by atoms with Crippen molar-refractivity contribution in [1.82, 2.24) is 0 Å². The molecule has 128 valence electrons. The molecule has 0 fully saturated rings. The Balaban J connectivity index is 1.85. The number of nitrogens with two attached hydrogens (primary N) is 1. The highest BCUT2D eigenvalue weighted by atomic mass is 14.5. The van der Waals surface area contributed by atoms with E-state index >= 15 is 0 Å². The Labute approximate surface area is 147 Å². The first-order valence-electron chi connectivity index (χ1n) is 9.27. The van der Waals surface area contributed by atoms with E-state index in [0.29, 0.717) is 0 Å². The fraction of sp³-hybridized carbons (Fsp3) is 0.391. The molecule has 0 amide bonds. The molecule has 0 unspecified atom stereocenters. The zero-order valence-corrected chi connectivity index (χ0v) is 15.2. The summed E-state index contributed by atoms with van der Waals surface area (Å²) in [7, 11) is 0. The molecule has 0 aliphatic heterocycles. The lowest BCUT2D eigenvalue weighted by atomic mass is 9.99. The van der Waals surface area contributed by atoms with Gasteiger partial charge in [-0.3, -0.25) is 0 Å². The van der Waals surface area contributed by atoms with Crippen molar-refractivity contribution in [3.8, 4) is 0 Å². The molecule has 0 heterocycles. The highest BCUT2D eigenvalue weighted by molar-refractivity contribution is 5.57. The summed E-state index contributed by atoms with van der Waals surface area (Å²) in [6.45, 7) is 5.20. The molecule has 2 aromatic rings. The lowest BCUT2D eigenvalue weighted by Gasteiger charge is -2.07. The Morgan fingerprint density at radius 3 is 2.38 bits per heavy atom. The molecule has 0 atom stereocenters. The first-order valence-corrected chi connectivity index (χ1v) is 9.27. The molecule has 1 nitrogen and oxygen atoms in total. The van der Waals surface area contributed by atoms with E-state index in [4.69, 9.17) is 5.73 Å². The second-order valence-electron chi connectivity index (χ2n) is 6.51. The van der Waals surface area contributed by atoms with E-state index in [1.54, 1.807) is 0 Å². The molecule has 0 aliphatic carbocycles. The second-order valence-corrected chi connectivity index (χ2v) is 6.51. The van der Waals surface area contributed by atoms with Crippen molar-refractivity contribution < 1.29 is 0 Å². The van der Waals surface area contributed by atoms with Crippen LogP contribution in [0.5, 0.6) is 0 Å². The third kappa shape index (κ3) is 5.65. The Kier molecular flexibility index (Phi) is 7.77. The minimum absolute atomic E-state index is 0.772. The van der Waals surface area contributed by atoms with Crippen LogP contribution in [0.1, 0.15) is 54.0 Å². The van der Waals surface area contributed by atoms with E-state index < -0.39 is 0 Å². The minimum atomic E-state index is 0.772. The fourth-order valence-electron chi connectivity index (χ4n) is 3.16. The van der Waals surface area contributed by atoms with Crippen molar-refractivity contribution in [2.75, 3.05) is 6.54 Å². The first-order chi connectivity index (χ1) is 11.7. The van der Waals surface area contributed by atoms with E-state index in [9.17, 15) is 0 Å². The zero-order valence-electron chi connectivity index (χ0n) is 15.2. The average Bonchev–Trinajstić information content (AvgIpc) is 2.61. The Morgan fingerprint density at radius 2 is 1.67 bits per heavy atom. The van der Waals surface area contributed by atoms with Gasteiger partial charge in [-0.15, -0.1) is 0 Å². The first kappa shape index (κ1) is 18.5. The van der Waals surface area contributed by atoms with Gasteiger partial charge in [0.05, 0.1) is 0 Å². The third-order valence-corrected chi connectivity index (χ3v) is 4.58. The second kappa shape index (κ2) is 10.1. The molecule has 0 saturated carbocycles. The fourth-order valence-corrected chi connectivity index (χ4v) is 3.16. The number of hydrogen-bond donors (Lipinski definition) is 1. The van der Waals surface area contributed by atoms with Gasteiger partial charge in [-0.2, -0.15) is 0 Å². The summed E-state index contributed by atoms with van der Waals surface area (Å²) in [6, 6.07) is 15.6. The van der Waals surface area contributed by atoms with Crippen molar-refractivity contribution in [2.45, 2.75) is 52.4 Å². The van der Waals surface area contributed by atoms with Crippen LogP contribution in [0.3, 0.4) is 0 Å². The topological polar surface area (TPSA) is 26.0 Å². The molecule has 1 heteroatoms. The highest BCUT2D eigenvalue weighted by Crippen LogP contribution is 2.17. The predicted octanol–water partition coefficient (Wildman–Crippen LogP) is 5.48. The molecule has 0 aliphatic rings. The average molecular weight is 322 g/mol. The van der Waals surface area contributed by atoms with E-state index in [2.05, 4.69) is 68.5 Å². The maximum Gasteiger partial charge on any atom is -0.00741 e. The van der Waals surface area contributed by atoms with E-state index in [1.165, 1.54) is 34.2 Å². The maximum atomic E-state index is 5.60. The van der Waals surface area contributed by atoms with Crippen LogP contribution in [0.4, 0.5) is 0 Å². The summed E-state index contributed by atoms with van der Waals surface area (Å²) < 4.78 is 0. The molecular formula is C23H31N. The molecule has 2 N–H and O–H groups in total. The van der Waals surface area contributed by atoms with Gasteiger partial charge >= 0.3 is 0 Å². The molecule has 2 rings (SSSR count). The maximum absolute atomic E-state index is 5.60. The number of allylic oxidation sites excluding steroid dienone is 1. The van der Waals surface area contributed by atoms with Crippen molar-refractivity contribution in [3.63, 3.8) is 0 Å². The number of benzene rings is 2. The summed E-state index contributed by atoms with van der Waals surface area (Å²) in [5.74, 6) is 0. The lowest BCUT2D eigenvalue weighted by molar-refractivity contribution is 0.820. The number of rotatable bonds is 9. The molecule has 2 aromatic carbocycles. The molecule has 0 bridgehead atoms. The number of aryl methyl sites for hydroxylation is 4. The minimum Gasteiger partial charge on any atom is -0.330 e. The standard InChI is InChI=1S/C23H31N/c1-3-22-15-7-10-19(2)23(22)16-6-4-5-11-20-12-8-13-21(18-20)14-9-17-24/h6-8,10,12-13,15-16,18H,3-5,9,11,14,17,24H2,1-2H3/b16-6+. The molecular weight excluding hydrogens is 290 g/mol. The van der Waals surface area contributed by atoms with Crippen molar-refractivity contribution in [3.05, 3.63) is 76.4 Å². The van der Waals surface area contributed by atoms with E-state index in [0.717, 1.165) is 38.6 Å². The predicted molar refractivity (Wildman–Crippen MR) is 106 cm³/mol. The summed E-state index contributed by atoms with van der Waals surface area (Å²) in [4.78, 5) is 0. The van der Waals surface area contributed by atoms with Gasteiger partial charge in [0.2, 0.25) is 0 Å². The third-order valence-electron chi connectivity index (χ3n) is 4.58. The summed E-state index contributed by atoms with van der Waals surface area (Å²) >= 11 is 0. The van der Waals surface area contributed by atoms with Crippen LogP contribution >= 0.6 is 0 Å². The number of hydrogen-bond acceptors (Lipinski definition) is 1. The van der Waals surface area contributed by atoms with Crippen LogP contribution in [-0.2, 0) is 19.3 Å². The van der Waals surface area contributed by atoms with Gasteiger partial charge in [0.15, 0.2) is 0 Å². The summed E-state index contributed by atoms with van der Waals surface area (Å²) in [5.41, 5.74) is 12.7.